The van der Waals surface area contributed by atoms with Crippen molar-refractivity contribution in [3.05, 3.63) is 71.8 Å². The number of methoxy groups -OCH3 is 1. The zero-order valence-corrected chi connectivity index (χ0v) is 15.0. The van der Waals surface area contributed by atoms with Crippen LogP contribution < -0.4 is 0 Å². The minimum absolute atomic E-state index is 0.269. The van der Waals surface area contributed by atoms with Crippen LogP contribution >= 0.6 is 0 Å². The van der Waals surface area contributed by atoms with E-state index in [2.05, 4.69) is 0 Å². The van der Waals surface area contributed by atoms with E-state index in [4.69, 9.17) is 28.4 Å². The van der Waals surface area contributed by atoms with Crippen molar-refractivity contribution in [2.75, 3.05) is 13.7 Å². The van der Waals surface area contributed by atoms with Crippen LogP contribution in [0.25, 0.3) is 0 Å². The van der Waals surface area contributed by atoms with Gasteiger partial charge in [-0.25, -0.2) is 0 Å². The van der Waals surface area contributed by atoms with Gasteiger partial charge in [-0.2, -0.15) is 0 Å². The normalized spacial score (nSPS) is 38.2. The van der Waals surface area contributed by atoms with Crippen LogP contribution in [0.2, 0.25) is 0 Å². The van der Waals surface area contributed by atoms with Gasteiger partial charge in [0, 0.05) is 18.2 Å². The molecule has 6 nitrogen and oxygen atoms in total. The Kier molecular flexibility index (Phi) is 4.69. The Labute approximate surface area is 157 Å². The van der Waals surface area contributed by atoms with Crippen molar-refractivity contribution in [3.63, 3.8) is 0 Å². The van der Waals surface area contributed by atoms with Crippen molar-refractivity contribution >= 4 is 0 Å². The maximum absolute atomic E-state index is 6.27. The summed E-state index contributed by atoms with van der Waals surface area (Å²) in [5.41, 5.74) is 1.94. The lowest BCUT2D eigenvalue weighted by molar-refractivity contribution is -0.343. The fourth-order valence-corrected chi connectivity index (χ4v) is 3.90. The summed E-state index contributed by atoms with van der Waals surface area (Å²) < 4.78 is 36.1. The van der Waals surface area contributed by atoms with Gasteiger partial charge in [-0.3, -0.25) is 0 Å². The molecular formula is C21H22O6. The fraction of sp³-hybridized carbons (Fsp3) is 0.429. The van der Waals surface area contributed by atoms with Gasteiger partial charge < -0.3 is 28.4 Å². The predicted octanol–water partition coefficient (Wildman–Crippen LogP) is 2.95. The van der Waals surface area contributed by atoms with Crippen LogP contribution in [0.5, 0.6) is 0 Å². The summed E-state index contributed by atoms with van der Waals surface area (Å²) in [6.07, 6.45) is -2.67. The van der Waals surface area contributed by atoms with E-state index >= 15 is 0 Å². The Bertz CT molecular complexity index is 754. The van der Waals surface area contributed by atoms with E-state index in [0.29, 0.717) is 6.61 Å². The molecule has 2 aromatic carbocycles. The van der Waals surface area contributed by atoms with Gasteiger partial charge in [-0.15, -0.1) is 0 Å². The summed E-state index contributed by atoms with van der Waals surface area (Å²) in [5, 5.41) is 0. The van der Waals surface area contributed by atoms with Crippen LogP contribution in [0.3, 0.4) is 0 Å². The Morgan fingerprint density at radius 1 is 0.704 bits per heavy atom. The molecule has 3 aliphatic rings. The molecule has 0 radical (unpaired) electrons. The van der Waals surface area contributed by atoms with Gasteiger partial charge in [0.2, 0.25) is 0 Å². The van der Waals surface area contributed by atoms with Gasteiger partial charge >= 0.3 is 0 Å². The van der Waals surface area contributed by atoms with Crippen LogP contribution in [0.4, 0.5) is 0 Å². The van der Waals surface area contributed by atoms with Crippen LogP contribution in [0, 0.1) is 0 Å². The van der Waals surface area contributed by atoms with Gasteiger partial charge in [-0.1, -0.05) is 60.7 Å². The largest absolute Gasteiger partial charge is 0.353 e. The highest BCUT2D eigenvalue weighted by atomic mass is 16.8. The molecule has 3 aliphatic heterocycles. The quantitative estimate of drug-likeness (QED) is 0.828. The molecule has 2 aromatic rings. The lowest BCUT2D eigenvalue weighted by atomic mass is 9.98. The smallest absolute Gasteiger partial charge is 0.186 e. The number of ether oxygens (including phenoxy) is 6. The van der Waals surface area contributed by atoms with Crippen molar-refractivity contribution in [1.82, 2.24) is 0 Å². The number of rotatable bonds is 3. The summed E-state index contributed by atoms with van der Waals surface area (Å²) in [6.45, 7) is 0.409. The zero-order chi connectivity index (χ0) is 18.2. The third-order valence-corrected chi connectivity index (χ3v) is 5.22. The molecular weight excluding hydrogens is 348 g/mol. The first-order valence-electron chi connectivity index (χ1n) is 9.19. The van der Waals surface area contributed by atoms with Crippen LogP contribution in [0.1, 0.15) is 23.7 Å². The van der Waals surface area contributed by atoms with Crippen LogP contribution in [-0.4, -0.2) is 44.4 Å². The summed E-state index contributed by atoms with van der Waals surface area (Å²) in [5.74, 6) is 0. The third-order valence-electron chi connectivity index (χ3n) is 5.22. The first-order chi connectivity index (χ1) is 13.3. The predicted molar refractivity (Wildman–Crippen MR) is 94.6 cm³/mol. The number of benzene rings is 2. The molecule has 0 spiro atoms. The zero-order valence-electron chi connectivity index (χ0n) is 15.0. The molecule has 0 aromatic heterocycles. The average molecular weight is 370 g/mol. The van der Waals surface area contributed by atoms with Gasteiger partial charge in [0.05, 0.1) is 6.61 Å². The van der Waals surface area contributed by atoms with Gasteiger partial charge in [-0.05, 0) is 0 Å². The molecule has 0 N–H and O–H groups in total. The lowest BCUT2D eigenvalue weighted by Gasteiger charge is -2.45. The molecule has 5 rings (SSSR count). The lowest BCUT2D eigenvalue weighted by Crippen LogP contribution is -2.61. The third kappa shape index (κ3) is 3.18. The Balaban J connectivity index is 1.39. The number of hydrogen-bond donors (Lipinski definition) is 0. The summed E-state index contributed by atoms with van der Waals surface area (Å²) in [7, 11) is 1.61. The monoisotopic (exact) mass is 370 g/mol. The highest BCUT2D eigenvalue weighted by Crippen LogP contribution is 2.43. The second kappa shape index (κ2) is 7.31. The number of fused-ring (bicyclic) bond motifs is 3. The Hall–Kier alpha value is -1.80. The second-order valence-corrected chi connectivity index (χ2v) is 6.90. The second-order valence-electron chi connectivity index (χ2n) is 6.90. The molecule has 0 saturated carbocycles. The topological polar surface area (TPSA) is 55.4 Å². The van der Waals surface area contributed by atoms with Crippen molar-refractivity contribution in [1.29, 1.82) is 0 Å². The molecule has 3 fully saturated rings. The Morgan fingerprint density at radius 2 is 1.30 bits per heavy atom. The van der Waals surface area contributed by atoms with E-state index in [9.17, 15) is 0 Å². The minimum atomic E-state index is -0.523. The van der Waals surface area contributed by atoms with E-state index in [1.165, 1.54) is 0 Å². The molecule has 3 heterocycles. The maximum atomic E-state index is 6.27. The fourth-order valence-electron chi connectivity index (χ4n) is 3.90. The van der Waals surface area contributed by atoms with Crippen molar-refractivity contribution in [2.45, 2.75) is 43.3 Å². The highest BCUT2D eigenvalue weighted by molar-refractivity contribution is 5.18. The molecule has 2 unspecified atom stereocenters. The highest BCUT2D eigenvalue weighted by Gasteiger charge is 2.56. The van der Waals surface area contributed by atoms with Crippen LogP contribution in [-0.2, 0) is 28.4 Å². The van der Waals surface area contributed by atoms with E-state index in [1.807, 2.05) is 60.7 Å². The number of hydrogen-bond acceptors (Lipinski definition) is 6. The van der Waals surface area contributed by atoms with Crippen LogP contribution in [0.15, 0.2) is 60.7 Å². The van der Waals surface area contributed by atoms with E-state index in [-0.39, 0.29) is 24.4 Å². The molecule has 0 amide bonds. The first kappa shape index (κ1) is 17.3. The maximum Gasteiger partial charge on any atom is 0.186 e. The van der Waals surface area contributed by atoms with E-state index in [0.717, 1.165) is 11.1 Å². The summed E-state index contributed by atoms with van der Waals surface area (Å²) in [4.78, 5) is 0. The molecule has 7 atom stereocenters. The molecule has 6 heteroatoms. The SMILES string of the molecule is CO[C@H]1O[C@@H]2COC(c3ccccc3)OC2[C@@H]2O[C@@H](c3ccccc3)O[C@H]12. The van der Waals surface area contributed by atoms with Crippen molar-refractivity contribution in [3.8, 4) is 0 Å². The first-order valence-corrected chi connectivity index (χ1v) is 9.19. The molecule has 0 bridgehead atoms. The molecule has 27 heavy (non-hydrogen) atoms. The van der Waals surface area contributed by atoms with Crippen molar-refractivity contribution < 1.29 is 28.4 Å². The van der Waals surface area contributed by atoms with Gasteiger partial charge in [0.25, 0.3) is 0 Å². The van der Waals surface area contributed by atoms with E-state index < -0.39 is 18.9 Å². The summed E-state index contributed by atoms with van der Waals surface area (Å²) in [6, 6.07) is 19.8. The Morgan fingerprint density at radius 3 is 1.96 bits per heavy atom. The van der Waals surface area contributed by atoms with E-state index in [1.54, 1.807) is 7.11 Å². The molecule has 3 saturated heterocycles. The standard InChI is InChI=1S/C21H22O6/c1-22-21-18-17(26-20(27-18)14-10-6-3-7-11-14)16-15(24-21)12-23-19(25-16)13-8-4-2-5-9-13/h2-11,15-21H,12H2,1H3/t15-,16?,17+,18+,19?,20-,21+/m1/s1. The van der Waals surface area contributed by atoms with Crippen molar-refractivity contribution in [2.24, 2.45) is 0 Å². The minimum Gasteiger partial charge on any atom is -0.353 e. The molecule has 142 valence electrons. The average Bonchev–Trinajstić information content (AvgIpc) is 3.20. The van der Waals surface area contributed by atoms with Gasteiger partial charge in [0.15, 0.2) is 18.9 Å². The molecule has 0 aliphatic carbocycles. The van der Waals surface area contributed by atoms with Gasteiger partial charge in [0.1, 0.15) is 24.4 Å². The summed E-state index contributed by atoms with van der Waals surface area (Å²) >= 11 is 0.